The molecule has 2 atom stereocenters. The molecule has 0 radical (unpaired) electrons. The van der Waals surface area contributed by atoms with Crippen LogP contribution < -0.4 is 10.1 Å². The molecule has 0 unspecified atom stereocenters. The van der Waals surface area contributed by atoms with Crippen LogP contribution in [0.15, 0.2) is 18.2 Å². The summed E-state index contributed by atoms with van der Waals surface area (Å²) in [6, 6.07) is 3.20. The van der Waals surface area contributed by atoms with Crippen LogP contribution >= 0.6 is 0 Å². The molecule has 2 rings (SSSR count). The van der Waals surface area contributed by atoms with Gasteiger partial charge < -0.3 is 15.2 Å². The minimum Gasteiger partial charge on any atom is -0.492 e. The number of aliphatic carboxylic acids is 1. The Balaban J connectivity index is 1.69. The molecule has 120 valence electrons. The molecular formula is C15H17F2NO4. The fourth-order valence-corrected chi connectivity index (χ4v) is 2.50. The molecule has 2 N–H and O–H groups in total. The standard InChI is InChI=1S/C15H17F2NO4/c16-12-4-3-11(8-13(12)17)22-6-5-18-14(19)9-1-2-10(7-9)15(20)21/h3-4,8-10H,1-2,5-7H2,(H,18,19)(H,20,21)/t9-,10+/m0/s1. The van der Waals surface area contributed by atoms with Crippen LogP contribution in [0.2, 0.25) is 0 Å². The number of carbonyl (C=O) groups is 2. The van der Waals surface area contributed by atoms with E-state index in [4.69, 9.17) is 9.84 Å². The predicted octanol–water partition coefficient (Wildman–Crippen LogP) is 1.96. The number of nitrogens with one attached hydrogen (secondary N) is 1. The second-order valence-electron chi connectivity index (χ2n) is 5.26. The molecule has 1 saturated carbocycles. The molecule has 0 aromatic heterocycles. The summed E-state index contributed by atoms with van der Waals surface area (Å²) in [5, 5.41) is 11.5. The lowest BCUT2D eigenvalue weighted by Crippen LogP contribution is -2.33. The lowest BCUT2D eigenvalue weighted by molar-refractivity contribution is -0.141. The number of hydrogen-bond acceptors (Lipinski definition) is 3. The van der Waals surface area contributed by atoms with Crippen molar-refractivity contribution < 1.29 is 28.2 Å². The quantitative estimate of drug-likeness (QED) is 0.787. The average Bonchev–Trinajstić information content (AvgIpc) is 2.97. The lowest BCUT2D eigenvalue weighted by Gasteiger charge is -2.11. The fraction of sp³-hybridized carbons (Fsp3) is 0.467. The van der Waals surface area contributed by atoms with Gasteiger partial charge in [0.25, 0.3) is 0 Å². The average molecular weight is 313 g/mol. The third-order valence-corrected chi connectivity index (χ3v) is 3.71. The van der Waals surface area contributed by atoms with Gasteiger partial charge in [-0.15, -0.1) is 0 Å². The maximum absolute atomic E-state index is 13.0. The summed E-state index contributed by atoms with van der Waals surface area (Å²) in [5.41, 5.74) is 0. The number of carbonyl (C=O) groups excluding carboxylic acids is 1. The zero-order valence-corrected chi connectivity index (χ0v) is 11.9. The molecule has 1 amide bonds. The number of ether oxygens (including phenoxy) is 1. The van der Waals surface area contributed by atoms with Crippen molar-refractivity contribution in [3.05, 3.63) is 29.8 Å². The molecule has 0 saturated heterocycles. The Hall–Kier alpha value is -2.18. The predicted molar refractivity (Wildman–Crippen MR) is 73.3 cm³/mol. The first kappa shape index (κ1) is 16.2. The normalized spacial score (nSPS) is 20.6. The van der Waals surface area contributed by atoms with E-state index >= 15 is 0 Å². The van der Waals surface area contributed by atoms with E-state index in [0.717, 1.165) is 12.1 Å². The van der Waals surface area contributed by atoms with Crippen LogP contribution in [0.4, 0.5) is 8.78 Å². The number of rotatable bonds is 6. The van der Waals surface area contributed by atoms with Crippen LogP contribution in [-0.2, 0) is 9.59 Å². The van der Waals surface area contributed by atoms with Crippen LogP contribution in [0.25, 0.3) is 0 Å². The van der Waals surface area contributed by atoms with Crippen molar-refractivity contribution in [3.8, 4) is 5.75 Å². The van der Waals surface area contributed by atoms with Crippen LogP contribution in [0, 0.1) is 23.5 Å². The van der Waals surface area contributed by atoms with E-state index in [1.165, 1.54) is 6.07 Å². The monoisotopic (exact) mass is 313 g/mol. The van der Waals surface area contributed by atoms with Crippen molar-refractivity contribution in [2.75, 3.05) is 13.2 Å². The molecule has 7 heteroatoms. The topological polar surface area (TPSA) is 75.6 Å². The van der Waals surface area contributed by atoms with Crippen molar-refractivity contribution in [1.82, 2.24) is 5.32 Å². The molecular weight excluding hydrogens is 296 g/mol. The Morgan fingerprint density at radius 2 is 1.95 bits per heavy atom. The first-order chi connectivity index (χ1) is 10.5. The Labute approximate surface area is 126 Å². The van der Waals surface area contributed by atoms with Gasteiger partial charge in [-0.1, -0.05) is 0 Å². The summed E-state index contributed by atoms with van der Waals surface area (Å²) in [4.78, 5) is 22.7. The van der Waals surface area contributed by atoms with Gasteiger partial charge in [0.1, 0.15) is 12.4 Å². The van der Waals surface area contributed by atoms with Crippen LogP contribution in [0.3, 0.4) is 0 Å². The van der Waals surface area contributed by atoms with Crippen LogP contribution in [0.1, 0.15) is 19.3 Å². The van der Waals surface area contributed by atoms with Gasteiger partial charge in [-0.2, -0.15) is 0 Å². The maximum Gasteiger partial charge on any atom is 0.306 e. The first-order valence-corrected chi connectivity index (χ1v) is 7.05. The molecule has 0 aliphatic heterocycles. The minimum absolute atomic E-state index is 0.117. The number of amides is 1. The summed E-state index contributed by atoms with van der Waals surface area (Å²) in [6.45, 7) is 0.331. The number of halogens is 2. The van der Waals surface area contributed by atoms with Gasteiger partial charge in [0.15, 0.2) is 11.6 Å². The Morgan fingerprint density at radius 1 is 1.23 bits per heavy atom. The molecule has 1 aromatic rings. The molecule has 1 fully saturated rings. The van der Waals surface area contributed by atoms with Crippen molar-refractivity contribution in [1.29, 1.82) is 0 Å². The Kier molecular flexibility index (Phi) is 5.30. The van der Waals surface area contributed by atoms with E-state index < -0.39 is 23.5 Å². The fourth-order valence-electron chi connectivity index (χ4n) is 2.50. The van der Waals surface area contributed by atoms with Crippen LogP contribution in [-0.4, -0.2) is 30.1 Å². The third-order valence-electron chi connectivity index (χ3n) is 3.71. The van der Waals surface area contributed by atoms with Gasteiger partial charge in [-0.25, -0.2) is 8.78 Å². The zero-order valence-electron chi connectivity index (χ0n) is 11.9. The zero-order chi connectivity index (χ0) is 16.1. The van der Waals surface area contributed by atoms with Gasteiger partial charge in [0, 0.05) is 12.0 Å². The molecule has 5 nitrogen and oxygen atoms in total. The summed E-state index contributed by atoms with van der Waals surface area (Å²) in [7, 11) is 0. The minimum atomic E-state index is -0.993. The Morgan fingerprint density at radius 3 is 2.59 bits per heavy atom. The summed E-state index contributed by atoms with van der Waals surface area (Å²) < 4.78 is 30.9. The summed E-state index contributed by atoms with van der Waals surface area (Å²) >= 11 is 0. The van der Waals surface area contributed by atoms with Crippen molar-refractivity contribution in [2.45, 2.75) is 19.3 Å². The largest absolute Gasteiger partial charge is 0.492 e. The molecule has 0 heterocycles. The molecule has 1 aliphatic carbocycles. The highest BCUT2D eigenvalue weighted by molar-refractivity contribution is 5.80. The molecule has 22 heavy (non-hydrogen) atoms. The van der Waals surface area contributed by atoms with Crippen molar-refractivity contribution >= 4 is 11.9 Å². The summed E-state index contributed by atoms with van der Waals surface area (Å²) in [5.74, 6) is -3.56. The summed E-state index contributed by atoms with van der Waals surface area (Å²) in [6.07, 6.45) is 1.43. The van der Waals surface area contributed by atoms with E-state index in [2.05, 4.69) is 5.32 Å². The van der Waals surface area contributed by atoms with E-state index in [1.54, 1.807) is 0 Å². The molecule has 1 aliphatic rings. The molecule has 0 bridgehead atoms. The van der Waals surface area contributed by atoms with Crippen molar-refractivity contribution in [2.24, 2.45) is 11.8 Å². The first-order valence-electron chi connectivity index (χ1n) is 7.05. The number of hydrogen-bond donors (Lipinski definition) is 2. The van der Waals surface area contributed by atoms with Gasteiger partial charge >= 0.3 is 5.97 Å². The third kappa shape index (κ3) is 4.16. The van der Waals surface area contributed by atoms with Crippen molar-refractivity contribution in [3.63, 3.8) is 0 Å². The molecule has 0 spiro atoms. The van der Waals surface area contributed by atoms with Crippen LogP contribution in [0.5, 0.6) is 5.75 Å². The smallest absolute Gasteiger partial charge is 0.306 e. The molecule has 1 aromatic carbocycles. The van der Waals surface area contributed by atoms with Gasteiger partial charge in [0.2, 0.25) is 5.91 Å². The highest BCUT2D eigenvalue weighted by atomic mass is 19.2. The van der Waals surface area contributed by atoms with E-state index in [0.29, 0.717) is 19.3 Å². The van der Waals surface area contributed by atoms with E-state index in [-0.39, 0.29) is 30.7 Å². The highest BCUT2D eigenvalue weighted by Gasteiger charge is 2.33. The number of carboxylic acids is 1. The van der Waals surface area contributed by atoms with E-state index in [1.807, 2.05) is 0 Å². The number of benzene rings is 1. The van der Waals surface area contributed by atoms with Gasteiger partial charge in [0.05, 0.1) is 12.5 Å². The van der Waals surface area contributed by atoms with E-state index in [9.17, 15) is 18.4 Å². The second kappa shape index (κ2) is 7.20. The maximum atomic E-state index is 13.0. The second-order valence-corrected chi connectivity index (χ2v) is 5.26. The highest BCUT2D eigenvalue weighted by Crippen LogP contribution is 2.31. The van der Waals surface area contributed by atoms with Gasteiger partial charge in [-0.3, -0.25) is 9.59 Å². The lowest BCUT2D eigenvalue weighted by atomic mass is 10.0. The SMILES string of the molecule is O=C(O)[C@@H]1CC[C@H](C(=O)NCCOc2ccc(F)c(F)c2)C1. The Bertz CT molecular complexity index is 564. The van der Waals surface area contributed by atoms with Gasteiger partial charge in [-0.05, 0) is 31.4 Å². The number of carboxylic acid groups (broad SMARTS) is 1.